The van der Waals surface area contributed by atoms with Crippen LogP contribution in [0.1, 0.15) is 25.3 Å². The number of ether oxygens (including phenoxy) is 2. The molecule has 0 radical (unpaired) electrons. The number of hydrogen-bond donors (Lipinski definition) is 1. The molecular weight excluding hydrogens is 252 g/mol. The van der Waals surface area contributed by atoms with E-state index in [2.05, 4.69) is 23.2 Å². The van der Waals surface area contributed by atoms with Crippen LogP contribution in [0.4, 0.5) is 0 Å². The average molecular weight is 278 g/mol. The van der Waals surface area contributed by atoms with Crippen LogP contribution in [0.15, 0.2) is 18.2 Å². The van der Waals surface area contributed by atoms with Gasteiger partial charge in [0.2, 0.25) is 0 Å². The second-order valence-electron chi connectivity index (χ2n) is 5.29. The van der Waals surface area contributed by atoms with E-state index in [0.717, 1.165) is 37.7 Å². The molecule has 0 aliphatic carbocycles. The third-order valence-corrected chi connectivity index (χ3v) is 3.93. The van der Waals surface area contributed by atoms with Gasteiger partial charge in [0.15, 0.2) is 0 Å². The first-order valence-electron chi connectivity index (χ1n) is 7.44. The standard InChI is InChI=1S/C16H26N2O2/c1-4-9-18(14-7-8-17-11-14)12-13-5-6-15(19-2)10-16(13)20-3/h5-6,10,14,17H,4,7-9,11-12H2,1-3H3. The number of methoxy groups -OCH3 is 2. The Hall–Kier alpha value is -1.26. The highest BCUT2D eigenvalue weighted by Gasteiger charge is 2.22. The van der Waals surface area contributed by atoms with Crippen molar-refractivity contribution in [3.8, 4) is 11.5 Å². The Bertz CT molecular complexity index is 417. The van der Waals surface area contributed by atoms with Crippen LogP contribution in [0.25, 0.3) is 0 Å². The monoisotopic (exact) mass is 278 g/mol. The largest absolute Gasteiger partial charge is 0.497 e. The van der Waals surface area contributed by atoms with Gasteiger partial charge in [-0.05, 0) is 32.0 Å². The fourth-order valence-electron chi connectivity index (χ4n) is 2.83. The Morgan fingerprint density at radius 1 is 1.30 bits per heavy atom. The van der Waals surface area contributed by atoms with E-state index in [1.165, 1.54) is 18.4 Å². The van der Waals surface area contributed by atoms with E-state index >= 15 is 0 Å². The zero-order chi connectivity index (χ0) is 14.4. The van der Waals surface area contributed by atoms with Gasteiger partial charge in [0.05, 0.1) is 14.2 Å². The fourth-order valence-corrected chi connectivity index (χ4v) is 2.83. The minimum Gasteiger partial charge on any atom is -0.497 e. The van der Waals surface area contributed by atoms with Crippen molar-refractivity contribution in [2.45, 2.75) is 32.4 Å². The van der Waals surface area contributed by atoms with Crippen molar-refractivity contribution in [3.05, 3.63) is 23.8 Å². The summed E-state index contributed by atoms with van der Waals surface area (Å²) in [4.78, 5) is 2.56. The molecule has 1 atom stereocenters. The topological polar surface area (TPSA) is 33.7 Å². The number of nitrogens with zero attached hydrogens (tertiary/aromatic N) is 1. The number of nitrogens with one attached hydrogen (secondary N) is 1. The molecule has 1 fully saturated rings. The molecule has 0 spiro atoms. The lowest BCUT2D eigenvalue weighted by Crippen LogP contribution is -2.37. The summed E-state index contributed by atoms with van der Waals surface area (Å²) in [5.41, 5.74) is 1.23. The molecule has 1 aromatic rings. The van der Waals surface area contributed by atoms with Gasteiger partial charge in [-0.25, -0.2) is 0 Å². The van der Waals surface area contributed by atoms with E-state index in [-0.39, 0.29) is 0 Å². The Morgan fingerprint density at radius 2 is 2.15 bits per heavy atom. The average Bonchev–Trinajstić information content (AvgIpc) is 3.01. The summed E-state index contributed by atoms with van der Waals surface area (Å²) in [5.74, 6) is 1.76. The molecule has 0 aromatic heterocycles. The van der Waals surface area contributed by atoms with Crippen molar-refractivity contribution in [1.82, 2.24) is 10.2 Å². The summed E-state index contributed by atoms with van der Waals surface area (Å²) >= 11 is 0. The number of rotatable bonds is 7. The molecule has 0 bridgehead atoms. The third kappa shape index (κ3) is 3.64. The molecule has 1 aliphatic rings. The zero-order valence-electron chi connectivity index (χ0n) is 12.8. The summed E-state index contributed by atoms with van der Waals surface area (Å²) in [6, 6.07) is 6.73. The van der Waals surface area contributed by atoms with Crippen molar-refractivity contribution in [2.75, 3.05) is 33.9 Å². The highest BCUT2D eigenvalue weighted by Crippen LogP contribution is 2.26. The maximum Gasteiger partial charge on any atom is 0.127 e. The van der Waals surface area contributed by atoms with Crippen molar-refractivity contribution in [2.24, 2.45) is 0 Å². The quantitative estimate of drug-likeness (QED) is 0.829. The first kappa shape index (κ1) is 15.1. The lowest BCUT2D eigenvalue weighted by Gasteiger charge is -2.28. The highest BCUT2D eigenvalue weighted by atomic mass is 16.5. The third-order valence-electron chi connectivity index (χ3n) is 3.93. The Balaban J connectivity index is 2.12. The van der Waals surface area contributed by atoms with Crippen molar-refractivity contribution in [3.63, 3.8) is 0 Å². The predicted octanol–water partition coefficient (Wildman–Crippen LogP) is 2.28. The summed E-state index contributed by atoms with van der Waals surface area (Å²) in [6.45, 7) is 6.53. The van der Waals surface area contributed by atoms with E-state index in [1.807, 2.05) is 12.1 Å². The summed E-state index contributed by atoms with van der Waals surface area (Å²) in [5, 5.41) is 3.45. The number of benzene rings is 1. The van der Waals surface area contributed by atoms with Crippen molar-refractivity contribution in [1.29, 1.82) is 0 Å². The van der Waals surface area contributed by atoms with Crippen LogP contribution in [0.5, 0.6) is 11.5 Å². The molecule has 112 valence electrons. The van der Waals surface area contributed by atoms with Gasteiger partial charge in [0.25, 0.3) is 0 Å². The van der Waals surface area contributed by atoms with Gasteiger partial charge in [-0.2, -0.15) is 0 Å². The highest BCUT2D eigenvalue weighted by molar-refractivity contribution is 5.40. The maximum atomic E-state index is 5.51. The van der Waals surface area contributed by atoms with Gasteiger partial charge in [0.1, 0.15) is 11.5 Å². The van der Waals surface area contributed by atoms with Gasteiger partial charge in [-0.1, -0.05) is 13.0 Å². The smallest absolute Gasteiger partial charge is 0.127 e. The Kier molecular flexibility index (Phi) is 5.68. The summed E-state index contributed by atoms with van der Waals surface area (Å²) in [7, 11) is 3.40. The molecule has 2 rings (SSSR count). The van der Waals surface area contributed by atoms with Crippen LogP contribution in [-0.4, -0.2) is 44.8 Å². The predicted molar refractivity (Wildman–Crippen MR) is 81.5 cm³/mol. The van der Waals surface area contributed by atoms with Crippen molar-refractivity contribution >= 4 is 0 Å². The van der Waals surface area contributed by atoms with Gasteiger partial charge in [-0.3, -0.25) is 4.90 Å². The molecule has 1 N–H and O–H groups in total. The molecule has 0 amide bonds. The zero-order valence-corrected chi connectivity index (χ0v) is 12.8. The van der Waals surface area contributed by atoms with E-state index < -0.39 is 0 Å². The minimum atomic E-state index is 0.641. The van der Waals surface area contributed by atoms with Crippen LogP contribution in [-0.2, 0) is 6.54 Å². The van der Waals surface area contributed by atoms with E-state index in [9.17, 15) is 0 Å². The molecule has 1 heterocycles. The van der Waals surface area contributed by atoms with Crippen LogP contribution >= 0.6 is 0 Å². The van der Waals surface area contributed by atoms with Crippen LogP contribution < -0.4 is 14.8 Å². The second kappa shape index (κ2) is 7.50. The number of hydrogen-bond acceptors (Lipinski definition) is 4. The lowest BCUT2D eigenvalue weighted by molar-refractivity contribution is 0.197. The molecule has 20 heavy (non-hydrogen) atoms. The molecule has 1 aliphatic heterocycles. The SMILES string of the molecule is CCCN(Cc1ccc(OC)cc1OC)C1CCNC1. The maximum absolute atomic E-state index is 5.51. The normalized spacial score (nSPS) is 18.5. The second-order valence-corrected chi connectivity index (χ2v) is 5.29. The van der Waals surface area contributed by atoms with Gasteiger partial charge in [-0.15, -0.1) is 0 Å². The molecule has 1 saturated heterocycles. The van der Waals surface area contributed by atoms with Crippen molar-refractivity contribution < 1.29 is 9.47 Å². The molecule has 1 aromatic carbocycles. The lowest BCUT2D eigenvalue weighted by atomic mass is 10.1. The van der Waals surface area contributed by atoms with E-state index in [0.29, 0.717) is 6.04 Å². The molecule has 1 unspecified atom stereocenters. The van der Waals surface area contributed by atoms with Gasteiger partial charge < -0.3 is 14.8 Å². The van der Waals surface area contributed by atoms with Crippen LogP contribution in [0.2, 0.25) is 0 Å². The Morgan fingerprint density at radius 3 is 2.75 bits per heavy atom. The first-order chi connectivity index (χ1) is 9.78. The minimum absolute atomic E-state index is 0.641. The van der Waals surface area contributed by atoms with E-state index in [1.54, 1.807) is 14.2 Å². The summed E-state index contributed by atoms with van der Waals surface area (Å²) < 4.78 is 10.8. The molecular formula is C16H26N2O2. The van der Waals surface area contributed by atoms with Crippen LogP contribution in [0.3, 0.4) is 0 Å². The fraction of sp³-hybridized carbons (Fsp3) is 0.625. The van der Waals surface area contributed by atoms with E-state index in [4.69, 9.17) is 9.47 Å². The molecule has 4 nitrogen and oxygen atoms in total. The molecule has 4 heteroatoms. The summed E-state index contributed by atoms with van der Waals surface area (Å²) in [6.07, 6.45) is 2.41. The van der Waals surface area contributed by atoms with Crippen LogP contribution in [0, 0.1) is 0 Å². The molecule has 0 saturated carbocycles. The first-order valence-corrected chi connectivity index (χ1v) is 7.44. The van der Waals surface area contributed by atoms with Gasteiger partial charge in [0, 0.05) is 30.8 Å². The Labute approximate surface area is 122 Å². The van der Waals surface area contributed by atoms with Gasteiger partial charge >= 0.3 is 0 Å².